The van der Waals surface area contributed by atoms with Crippen molar-refractivity contribution in [2.75, 3.05) is 0 Å². The van der Waals surface area contributed by atoms with Crippen LogP contribution in [0.15, 0.2) is 30.3 Å². The number of hydrogen-bond donors (Lipinski definition) is 5. The van der Waals surface area contributed by atoms with Gasteiger partial charge in [-0.25, -0.2) is 0 Å². The maximum Gasteiger partial charge on any atom is 0.339 e. The molecule has 1 atom stereocenters. The Bertz CT molecular complexity index is 857. The van der Waals surface area contributed by atoms with Crippen LogP contribution in [0.5, 0.6) is 28.7 Å². The predicted molar refractivity (Wildman–Crippen MR) is 73.8 cm³/mol. The number of benzene rings is 2. The smallest absolute Gasteiger partial charge is 0.339 e. The Labute approximate surface area is 128 Å². The fourth-order valence-corrected chi connectivity index (χ4v) is 2.31. The van der Waals surface area contributed by atoms with Gasteiger partial charge in [0.1, 0.15) is 34.3 Å². The molecule has 0 aliphatic carbocycles. The highest BCUT2D eigenvalue weighted by atomic mass is 16.6. The van der Waals surface area contributed by atoms with Gasteiger partial charge in [-0.05, 0) is 12.1 Å². The van der Waals surface area contributed by atoms with Crippen molar-refractivity contribution >= 4 is 11.6 Å². The number of aromatic hydroxyl groups is 4. The summed E-state index contributed by atoms with van der Waals surface area (Å²) in [6.45, 7) is 0. The molecule has 0 bridgehead atoms. The topological polar surface area (TPSA) is 145 Å². The van der Waals surface area contributed by atoms with Crippen LogP contribution in [0.3, 0.4) is 0 Å². The first-order valence-corrected chi connectivity index (χ1v) is 6.33. The Morgan fingerprint density at radius 2 is 1.61 bits per heavy atom. The van der Waals surface area contributed by atoms with E-state index in [1.165, 1.54) is 0 Å². The van der Waals surface area contributed by atoms with Gasteiger partial charge in [0.15, 0.2) is 0 Å². The Balaban J connectivity index is 2.08. The van der Waals surface area contributed by atoms with Crippen molar-refractivity contribution in [2.45, 2.75) is 5.79 Å². The molecule has 0 spiro atoms. The first-order valence-electron chi connectivity index (χ1n) is 6.33. The van der Waals surface area contributed by atoms with E-state index in [-0.39, 0.29) is 11.5 Å². The van der Waals surface area contributed by atoms with Gasteiger partial charge in [0.25, 0.3) is 0 Å². The largest absolute Gasteiger partial charge is 0.508 e. The van der Waals surface area contributed by atoms with Gasteiger partial charge in [-0.1, -0.05) is 0 Å². The minimum absolute atomic E-state index is 0.324. The van der Waals surface area contributed by atoms with E-state index in [1.54, 1.807) is 0 Å². The molecule has 0 fully saturated rings. The Morgan fingerprint density at radius 1 is 0.957 bits per heavy atom. The number of phenols is 4. The predicted octanol–water partition coefficient (Wildman–Crippen LogP) is 0.656. The number of rotatable bonds is 2. The minimum atomic E-state index is -3.00. The number of Topliss-reactive ketones (excluding diaryl/α,β-unsaturated/α-hetero) is 2. The zero-order valence-corrected chi connectivity index (χ0v) is 11.3. The summed E-state index contributed by atoms with van der Waals surface area (Å²) in [4.78, 5) is 24.7. The van der Waals surface area contributed by atoms with E-state index in [4.69, 9.17) is 4.74 Å². The average Bonchev–Trinajstić information content (AvgIpc) is 2.70. The summed E-state index contributed by atoms with van der Waals surface area (Å²) in [5, 5.41) is 48.3. The van der Waals surface area contributed by atoms with Crippen molar-refractivity contribution in [1.29, 1.82) is 0 Å². The van der Waals surface area contributed by atoms with Gasteiger partial charge >= 0.3 is 5.79 Å². The van der Waals surface area contributed by atoms with E-state index in [2.05, 4.69) is 0 Å². The lowest BCUT2D eigenvalue weighted by Gasteiger charge is -2.19. The summed E-state index contributed by atoms with van der Waals surface area (Å²) in [5.41, 5.74) is -0.924. The molecule has 23 heavy (non-hydrogen) atoms. The van der Waals surface area contributed by atoms with Crippen LogP contribution < -0.4 is 4.74 Å². The summed E-state index contributed by atoms with van der Waals surface area (Å²) in [7, 11) is 0. The van der Waals surface area contributed by atoms with Crippen LogP contribution in [0.4, 0.5) is 0 Å². The van der Waals surface area contributed by atoms with Crippen LogP contribution in [0, 0.1) is 0 Å². The molecule has 8 nitrogen and oxygen atoms in total. The van der Waals surface area contributed by atoms with Gasteiger partial charge < -0.3 is 30.3 Å². The molecular weight excluding hydrogens is 308 g/mol. The summed E-state index contributed by atoms with van der Waals surface area (Å²) >= 11 is 0. The highest BCUT2D eigenvalue weighted by Gasteiger charge is 2.55. The first kappa shape index (κ1) is 14.7. The van der Waals surface area contributed by atoms with Crippen LogP contribution in [0.25, 0.3) is 0 Å². The number of ketones is 2. The Morgan fingerprint density at radius 3 is 2.26 bits per heavy atom. The second-order valence-electron chi connectivity index (χ2n) is 4.94. The van der Waals surface area contributed by atoms with E-state index in [0.717, 1.165) is 30.3 Å². The van der Waals surface area contributed by atoms with Gasteiger partial charge in [0, 0.05) is 18.2 Å². The van der Waals surface area contributed by atoms with Crippen LogP contribution in [0.1, 0.15) is 20.7 Å². The molecular formula is C15H10O8. The molecule has 3 rings (SSSR count). The van der Waals surface area contributed by atoms with Crippen molar-refractivity contribution in [3.63, 3.8) is 0 Å². The SMILES string of the molecule is O=C(c1ccc(O)cc1O)C1(O)Oc2cc(O)cc(O)c2C1=O. The molecule has 8 heteroatoms. The zero-order valence-electron chi connectivity index (χ0n) is 11.3. The molecule has 118 valence electrons. The van der Waals surface area contributed by atoms with Crippen molar-refractivity contribution < 1.29 is 39.9 Å². The van der Waals surface area contributed by atoms with Crippen molar-refractivity contribution in [3.05, 3.63) is 41.5 Å². The van der Waals surface area contributed by atoms with E-state index >= 15 is 0 Å². The molecule has 1 aliphatic heterocycles. The fourth-order valence-electron chi connectivity index (χ4n) is 2.31. The van der Waals surface area contributed by atoms with Crippen molar-refractivity contribution in [1.82, 2.24) is 0 Å². The fraction of sp³-hybridized carbons (Fsp3) is 0.0667. The molecule has 0 saturated carbocycles. The van der Waals surface area contributed by atoms with Crippen LogP contribution in [0.2, 0.25) is 0 Å². The first-order chi connectivity index (χ1) is 10.7. The van der Waals surface area contributed by atoms with E-state index < -0.39 is 45.7 Å². The summed E-state index contributed by atoms with van der Waals surface area (Å²) in [5.74, 6) is -7.97. The highest BCUT2D eigenvalue weighted by molar-refractivity contribution is 6.25. The van der Waals surface area contributed by atoms with Crippen molar-refractivity contribution in [3.8, 4) is 28.7 Å². The summed E-state index contributed by atoms with van der Waals surface area (Å²) in [6.07, 6.45) is 0. The van der Waals surface area contributed by atoms with Crippen molar-refractivity contribution in [2.24, 2.45) is 0 Å². The normalized spacial score (nSPS) is 19.3. The standard InChI is InChI=1S/C15H10O8/c16-6-1-2-8(9(18)3-6)13(20)15(22)14(21)12-10(19)4-7(17)5-11(12)23-15/h1-5,16-19,22H. The lowest BCUT2D eigenvalue weighted by atomic mass is 9.96. The minimum Gasteiger partial charge on any atom is -0.508 e. The third-order valence-corrected chi connectivity index (χ3v) is 3.39. The number of hydrogen-bond acceptors (Lipinski definition) is 8. The molecule has 2 aromatic carbocycles. The number of phenolic OH excluding ortho intramolecular Hbond substituents is 4. The van der Waals surface area contributed by atoms with E-state index in [9.17, 15) is 35.1 Å². The zero-order chi connectivity index (χ0) is 16.9. The molecule has 2 aromatic rings. The summed E-state index contributed by atoms with van der Waals surface area (Å²) in [6, 6.07) is 4.74. The van der Waals surface area contributed by atoms with E-state index in [0.29, 0.717) is 0 Å². The lowest BCUT2D eigenvalue weighted by Crippen LogP contribution is -2.48. The second kappa shape index (κ2) is 4.62. The number of ether oxygens (including phenoxy) is 1. The number of carbonyl (C=O) groups is 2. The molecule has 1 aliphatic rings. The van der Waals surface area contributed by atoms with Crippen LogP contribution in [-0.2, 0) is 0 Å². The Kier molecular flexibility index (Phi) is 2.94. The van der Waals surface area contributed by atoms with Gasteiger partial charge in [0.05, 0.1) is 5.56 Å². The maximum atomic E-state index is 12.4. The second-order valence-corrected chi connectivity index (χ2v) is 4.94. The van der Waals surface area contributed by atoms with Crippen LogP contribution in [-0.4, -0.2) is 42.9 Å². The molecule has 1 heterocycles. The summed E-state index contributed by atoms with van der Waals surface area (Å²) < 4.78 is 4.93. The van der Waals surface area contributed by atoms with E-state index in [1.807, 2.05) is 0 Å². The quantitative estimate of drug-likeness (QED) is 0.401. The number of aliphatic hydroxyl groups is 1. The van der Waals surface area contributed by atoms with Gasteiger partial charge in [-0.2, -0.15) is 0 Å². The molecule has 0 radical (unpaired) electrons. The molecule has 0 aromatic heterocycles. The number of carbonyl (C=O) groups excluding carboxylic acids is 2. The third-order valence-electron chi connectivity index (χ3n) is 3.39. The van der Waals surface area contributed by atoms with Gasteiger partial charge in [0.2, 0.25) is 11.6 Å². The van der Waals surface area contributed by atoms with Crippen LogP contribution >= 0.6 is 0 Å². The molecule has 5 N–H and O–H groups in total. The molecule has 0 amide bonds. The number of fused-ring (bicyclic) bond motifs is 1. The maximum absolute atomic E-state index is 12.4. The van der Waals surface area contributed by atoms with Gasteiger partial charge in [-0.15, -0.1) is 0 Å². The molecule has 0 saturated heterocycles. The average molecular weight is 318 g/mol. The Hall–Kier alpha value is -3.26. The monoisotopic (exact) mass is 318 g/mol. The molecule has 1 unspecified atom stereocenters. The lowest BCUT2D eigenvalue weighted by molar-refractivity contribution is -0.0620. The highest BCUT2D eigenvalue weighted by Crippen LogP contribution is 2.43. The third kappa shape index (κ3) is 2.04. The van der Waals surface area contributed by atoms with Gasteiger partial charge in [-0.3, -0.25) is 9.59 Å².